The first kappa shape index (κ1) is 14.0. The fourth-order valence-corrected chi connectivity index (χ4v) is 2.40. The zero-order valence-electron chi connectivity index (χ0n) is 10.8. The molecule has 0 saturated carbocycles. The van der Waals surface area contributed by atoms with E-state index in [4.69, 9.17) is 5.11 Å². The van der Waals surface area contributed by atoms with Gasteiger partial charge in [-0.3, -0.25) is 14.5 Å². The van der Waals surface area contributed by atoms with Crippen molar-refractivity contribution in [3.8, 4) is 0 Å². The lowest BCUT2D eigenvalue weighted by atomic mass is 10.0. The summed E-state index contributed by atoms with van der Waals surface area (Å²) in [6.07, 6.45) is 1.92. The molecule has 0 radical (unpaired) electrons. The highest BCUT2D eigenvalue weighted by atomic mass is 16.4. The van der Waals surface area contributed by atoms with E-state index >= 15 is 0 Å². The summed E-state index contributed by atoms with van der Waals surface area (Å²) in [6.45, 7) is 7.06. The summed E-state index contributed by atoms with van der Waals surface area (Å²) in [5.41, 5.74) is 0. The van der Waals surface area contributed by atoms with Gasteiger partial charge in [-0.25, -0.2) is 0 Å². The van der Waals surface area contributed by atoms with Gasteiger partial charge in [-0.05, 0) is 26.7 Å². The molecule has 5 heteroatoms. The Bertz CT molecular complexity index is 291. The Balaban J connectivity index is 2.66. The molecule has 1 atom stereocenters. The van der Waals surface area contributed by atoms with Gasteiger partial charge in [0.15, 0.2) is 0 Å². The number of hydrogen-bond donors (Lipinski definition) is 1. The molecule has 0 aromatic rings. The number of amides is 1. The summed E-state index contributed by atoms with van der Waals surface area (Å²) in [4.78, 5) is 26.0. The molecule has 1 saturated heterocycles. The van der Waals surface area contributed by atoms with E-state index in [-0.39, 0.29) is 24.5 Å². The Morgan fingerprint density at radius 1 is 1.47 bits per heavy atom. The third-order valence-electron chi connectivity index (χ3n) is 3.29. The average Bonchev–Trinajstić information content (AvgIpc) is 2.25. The quantitative estimate of drug-likeness (QED) is 0.792. The van der Waals surface area contributed by atoms with Gasteiger partial charge in [0.05, 0.1) is 6.54 Å². The molecule has 0 spiro atoms. The van der Waals surface area contributed by atoms with E-state index in [9.17, 15) is 9.59 Å². The summed E-state index contributed by atoms with van der Waals surface area (Å²) in [5.74, 6) is -0.729. The summed E-state index contributed by atoms with van der Waals surface area (Å²) in [5, 5.41) is 8.92. The molecule has 1 N–H and O–H groups in total. The van der Waals surface area contributed by atoms with Crippen LogP contribution in [0.25, 0.3) is 0 Å². The molecule has 1 heterocycles. The molecule has 0 aliphatic carbocycles. The van der Waals surface area contributed by atoms with Crippen molar-refractivity contribution >= 4 is 11.9 Å². The fourth-order valence-electron chi connectivity index (χ4n) is 2.40. The molecule has 1 amide bonds. The zero-order chi connectivity index (χ0) is 13.0. The predicted octanol–water partition coefficient (Wildman–Crippen LogP) is 0.792. The molecule has 1 fully saturated rings. The van der Waals surface area contributed by atoms with Crippen molar-refractivity contribution in [1.29, 1.82) is 0 Å². The van der Waals surface area contributed by atoms with Crippen LogP contribution in [0, 0.1) is 0 Å². The molecule has 0 unspecified atom stereocenters. The molecule has 0 aromatic heterocycles. The SMILES string of the molecule is CC(=O)N1CCC[C@H](N(CC(=O)O)C(C)C)C1. The van der Waals surface area contributed by atoms with Crippen LogP contribution < -0.4 is 0 Å². The average molecular weight is 242 g/mol. The number of hydrogen-bond acceptors (Lipinski definition) is 3. The lowest BCUT2D eigenvalue weighted by Crippen LogP contribution is -2.52. The van der Waals surface area contributed by atoms with Crippen molar-refractivity contribution in [3.05, 3.63) is 0 Å². The number of aliphatic carboxylic acids is 1. The highest BCUT2D eigenvalue weighted by Gasteiger charge is 2.29. The van der Waals surface area contributed by atoms with Crippen LogP contribution in [0.5, 0.6) is 0 Å². The monoisotopic (exact) mass is 242 g/mol. The second kappa shape index (κ2) is 6.00. The maximum Gasteiger partial charge on any atom is 0.317 e. The number of carbonyl (C=O) groups excluding carboxylic acids is 1. The molecule has 17 heavy (non-hydrogen) atoms. The Hall–Kier alpha value is -1.10. The third kappa shape index (κ3) is 4.00. The third-order valence-corrected chi connectivity index (χ3v) is 3.29. The van der Waals surface area contributed by atoms with Crippen LogP contribution in [-0.4, -0.2) is 58.5 Å². The number of carboxylic acid groups (broad SMARTS) is 1. The minimum absolute atomic E-state index is 0.0497. The van der Waals surface area contributed by atoms with Crippen LogP contribution in [0.2, 0.25) is 0 Å². The van der Waals surface area contributed by atoms with Crippen LogP contribution in [0.3, 0.4) is 0 Å². The largest absolute Gasteiger partial charge is 0.480 e. The first-order valence-corrected chi connectivity index (χ1v) is 6.15. The van der Waals surface area contributed by atoms with Gasteiger partial charge >= 0.3 is 5.97 Å². The van der Waals surface area contributed by atoms with Gasteiger partial charge < -0.3 is 10.0 Å². The number of nitrogens with zero attached hydrogens (tertiary/aromatic N) is 2. The van der Waals surface area contributed by atoms with Crippen LogP contribution in [0.4, 0.5) is 0 Å². The molecule has 0 aromatic carbocycles. The summed E-state index contributed by atoms with van der Waals surface area (Å²) >= 11 is 0. The van der Waals surface area contributed by atoms with Crippen LogP contribution in [-0.2, 0) is 9.59 Å². The smallest absolute Gasteiger partial charge is 0.317 e. The number of likely N-dealkylation sites (tertiary alicyclic amines) is 1. The number of carboxylic acids is 1. The molecule has 1 rings (SSSR count). The first-order valence-electron chi connectivity index (χ1n) is 6.15. The van der Waals surface area contributed by atoms with E-state index in [1.165, 1.54) is 0 Å². The Kier molecular flexibility index (Phi) is 4.93. The van der Waals surface area contributed by atoms with Gasteiger partial charge in [0, 0.05) is 32.1 Å². The van der Waals surface area contributed by atoms with Crippen molar-refractivity contribution in [2.75, 3.05) is 19.6 Å². The normalized spacial score (nSPS) is 21.0. The van der Waals surface area contributed by atoms with Gasteiger partial charge in [-0.2, -0.15) is 0 Å². The van der Waals surface area contributed by atoms with Crippen molar-refractivity contribution in [1.82, 2.24) is 9.80 Å². The maximum atomic E-state index is 11.4. The second-order valence-corrected chi connectivity index (χ2v) is 4.92. The molecule has 1 aliphatic heterocycles. The molecule has 1 aliphatic rings. The number of piperidine rings is 1. The Labute approximate surface area is 102 Å². The van der Waals surface area contributed by atoms with Gasteiger partial charge in [0.25, 0.3) is 0 Å². The molecule has 98 valence electrons. The fraction of sp³-hybridized carbons (Fsp3) is 0.833. The molecule has 5 nitrogen and oxygen atoms in total. The van der Waals surface area contributed by atoms with Gasteiger partial charge in [0.2, 0.25) is 5.91 Å². The van der Waals surface area contributed by atoms with E-state index in [1.54, 1.807) is 6.92 Å². The number of carbonyl (C=O) groups is 2. The zero-order valence-corrected chi connectivity index (χ0v) is 10.8. The van der Waals surface area contributed by atoms with Gasteiger partial charge in [0.1, 0.15) is 0 Å². The predicted molar refractivity (Wildman–Crippen MR) is 64.8 cm³/mol. The van der Waals surface area contributed by atoms with Crippen LogP contribution >= 0.6 is 0 Å². The minimum atomic E-state index is -0.807. The molecular weight excluding hydrogens is 220 g/mol. The van der Waals surface area contributed by atoms with Gasteiger partial charge in [-0.1, -0.05) is 0 Å². The van der Waals surface area contributed by atoms with Crippen molar-refractivity contribution in [2.45, 2.75) is 45.7 Å². The maximum absolute atomic E-state index is 11.4. The lowest BCUT2D eigenvalue weighted by Gasteiger charge is -2.40. The van der Waals surface area contributed by atoms with Crippen molar-refractivity contribution < 1.29 is 14.7 Å². The first-order chi connectivity index (χ1) is 7.91. The highest BCUT2D eigenvalue weighted by Crippen LogP contribution is 2.18. The lowest BCUT2D eigenvalue weighted by molar-refractivity contribution is -0.140. The van der Waals surface area contributed by atoms with Crippen molar-refractivity contribution in [3.63, 3.8) is 0 Å². The molecule has 0 bridgehead atoms. The summed E-state index contributed by atoms with van der Waals surface area (Å²) in [7, 11) is 0. The number of rotatable bonds is 4. The Morgan fingerprint density at radius 2 is 2.12 bits per heavy atom. The van der Waals surface area contributed by atoms with E-state index in [0.29, 0.717) is 6.54 Å². The van der Waals surface area contributed by atoms with E-state index in [2.05, 4.69) is 0 Å². The van der Waals surface area contributed by atoms with E-state index in [0.717, 1.165) is 19.4 Å². The van der Waals surface area contributed by atoms with Gasteiger partial charge in [-0.15, -0.1) is 0 Å². The standard InChI is InChI=1S/C12H22N2O3/c1-9(2)14(8-12(16)17)11-5-4-6-13(7-11)10(3)15/h9,11H,4-8H2,1-3H3,(H,16,17)/t11-/m0/s1. The van der Waals surface area contributed by atoms with Crippen molar-refractivity contribution in [2.24, 2.45) is 0 Å². The summed E-state index contributed by atoms with van der Waals surface area (Å²) < 4.78 is 0. The Morgan fingerprint density at radius 3 is 2.59 bits per heavy atom. The topological polar surface area (TPSA) is 60.9 Å². The minimum Gasteiger partial charge on any atom is -0.480 e. The van der Waals surface area contributed by atoms with E-state index < -0.39 is 5.97 Å². The van der Waals surface area contributed by atoms with Crippen LogP contribution in [0.15, 0.2) is 0 Å². The highest BCUT2D eigenvalue weighted by molar-refractivity contribution is 5.73. The summed E-state index contributed by atoms with van der Waals surface area (Å²) in [6, 6.07) is 0.353. The van der Waals surface area contributed by atoms with Crippen LogP contribution in [0.1, 0.15) is 33.6 Å². The van der Waals surface area contributed by atoms with E-state index in [1.807, 2.05) is 23.6 Å². The second-order valence-electron chi connectivity index (χ2n) is 4.92. The molecular formula is C12H22N2O3.